The maximum Gasteiger partial charge on any atom is 0.308 e. The van der Waals surface area contributed by atoms with Gasteiger partial charge in [-0.05, 0) is 30.4 Å². The van der Waals surface area contributed by atoms with Crippen LogP contribution in [0.5, 0.6) is 0 Å². The summed E-state index contributed by atoms with van der Waals surface area (Å²) >= 11 is 0. The molecule has 0 aliphatic heterocycles. The summed E-state index contributed by atoms with van der Waals surface area (Å²) in [6.45, 7) is 1.72. The number of nitrogens with zero attached hydrogens (tertiary/aromatic N) is 1. The van der Waals surface area contributed by atoms with Gasteiger partial charge in [0.05, 0.1) is 5.92 Å². The van der Waals surface area contributed by atoms with Gasteiger partial charge in [-0.1, -0.05) is 67.1 Å². The first-order chi connectivity index (χ1) is 11.7. The summed E-state index contributed by atoms with van der Waals surface area (Å²) in [4.78, 5) is 14.0. The van der Waals surface area contributed by atoms with E-state index in [1.165, 1.54) is 11.1 Å². The molecule has 1 fully saturated rings. The molecule has 0 amide bonds. The van der Waals surface area contributed by atoms with Gasteiger partial charge in [-0.15, -0.1) is 0 Å². The zero-order valence-corrected chi connectivity index (χ0v) is 14.0. The molecule has 2 aromatic rings. The molecule has 1 N–H and O–H groups in total. The van der Waals surface area contributed by atoms with Crippen LogP contribution in [0.1, 0.15) is 30.4 Å². The van der Waals surface area contributed by atoms with Crippen molar-refractivity contribution in [1.29, 1.82) is 0 Å². The van der Waals surface area contributed by atoms with Crippen LogP contribution >= 0.6 is 0 Å². The molecule has 1 aliphatic rings. The Labute approximate surface area is 143 Å². The van der Waals surface area contributed by atoms with E-state index in [1.54, 1.807) is 0 Å². The third-order valence-electron chi connectivity index (χ3n) is 5.02. The molecule has 2 aromatic carbocycles. The van der Waals surface area contributed by atoms with E-state index >= 15 is 0 Å². The van der Waals surface area contributed by atoms with E-state index in [0.717, 1.165) is 38.8 Å². The van der Waals surface area contributed by atoms with E-state index in [1.807, 2.05) is 24.3 Å². The van der Waals surface area contributed by atoms with Crippen molar-refractivity contribution in [2.24, 2.45) is 5.92 Å². The standard InChI is InChI=1S/C21H25NO2/c23-21(24)19-12-7-13-20(19)22(16-18-10-5-2-6-11-18)15-14-17-8-3-1-4-9-17/h1-6,8-11,19-20H,7,12-16H2,(H,23,24). The second kappa shape index (κ2) is 8.11. The van der Waals surface area contributed by atoms with E-state index in [9.17, 15) is 9.90 Å². The Hall–Kier alpha value is -2.13. The van der Waals surface area contributed by atoms with Gasteiger partial charge in [0.15, 0.2) is 0 Å². The van der Waals surface area contributed by atoms with Gasteiger partial charge in [-0.3, -0.25) is 9.69 Å². The van der Waals surface area contributed by atoms with E-state index in [0.29, 0.717) is 0 Å². The van der Waals surface area contributed by atoms with E-state index in [-0.39, 0.29) is 12.0 Å². The average molecular weight is 323 g/mol. The van der Waals surface area contributed by atoms with Crippen molar-refractivity contribution in [3.05, 3.63) is 71.8 Å². The molecular formula is C21H25NO2. The Morgan fingerprint density at radius 1 is 0.958 bits per heavy atom. The predicted molar refractivity (Wildman–Crippen MR) is 95.8 cm³/mol. The molecule has 0 saturated heterocycles. The number of carboxylic acids is 1. The molecule has 1 saturated carbocycles. The topological polar surface area (TPSA) is 40.5 Å². The van der Waals surface area contributed by atoms with Crippen LogP contribution in [-0.2, 0) is 17.8 Å². The highest BCUT2D eigenvalue weighted by Crippen LogP contribution is 2.31. The fourth-order valence-electron chi connectivity index (χ4n) is 3.76. The van der Waals surface area contributed by atoms with Crippen molar-refractivity contribution in [3.63, 3.8) is 0 Å². The number of rotatable bonds is 7. The molecular weight excluding hydrogens is 298 g/mol. The van der Waals surface area contributed by atoms with Crippen LogP contribution in [0.4, 0.5) is 0 Å². The Kier molecular flexibility index (Phi) is 5.65. The summed E-state index contributed by atoms with van der Waals surface area (Å²) in [7, 11) is 0. The maximum atomic E-state index is 11.6. The smallest absolute Gasteiger partial charge is 0.308 e. The van der Waals surface area contributed by atoms with Gasteiger partial charge in [0, 0.05) is 19.1 Å². The van der Waals surface area contributed by atoms with Crippen LogP contribution < -0.4 is 0 Å². The van der Waals surface area contributed by atoms with Gasteiger partial charge >= 0.3 is 5.97 Å². The molecule has 3 nitrogen and oxygen atoms in total. The van der Waals surface area contributed by atoms with Crippen molar-refractivity contribution in [3.8, 4) is 0 Å². The summed E-state index contributed by atoms with van der Waals surface area (Å²) < 4.78 is 0. The molecule has 0 radical (unpaired) electrons. The molecule has 0 spiro atoms. The summed E-state index contributed by atoms with van der Waals surface area (Å²) in [5, 5.41) is 9.56. The fourth-order valence-corrected chi connectivity index (χ4v) is 3.76. The molecule has 0 aromatic heterocycles. The lowest BCUT2D eigenvalue weighted by Gasteiger charge is -2.31. The van der Waals surface area contributed by atoms with Gasteiger partial charge in [-0.25, -0.2) is 0 Å². The first-order valence-corrected chi connectivity index (χ1v) is 8.79. The molecule has 3 rings (SSSR count). The van der Waals surface area contributed by atoms with E-state index in [2.05, 4.69) is 41.3 Å². The Bertz CT molecular complexity index is 641. The Morgan fingerprint density at radius 2 is 1.58 bits per heavy atom. The fraction of sp³-hybridized carbons (Fsp3) is 0.381. The summed E-state index contributed by atoms with van der Waals surface area (Å²) in [6, 6.07) is 21.0. The Balaban J connectivity index is 1.74. The number of benzene rings is 2. The highest BCUT2D eigenvalue weighted by molar-refractivity contribution is 5.71. The van der Waals surface area contributed by atoms with Crippen LogP contribution in [-0.4, -0.2) is 28.6 Å². The molecule has 2 atom stereocenters. The number of hydrogen-bond donors (Lipinski definition) is 1. The van der Waals surface area contributed by atoms with Crippen molar-refractivity contribution in [2.75, 3.05) is 6.54 Å². The molecule has 0 bridgehead atoms. The minimum absolute atomic E-state index is 0.145. The van der Waals surface area contributed by atoms with Crippen LogP contribution in [0.3, 0.4) is 0 Å². The average Bonchev–Trinajstić information content (AvgIpc) is 3.10. The third-order valence-corrected chi connectivity index (χ3v) is 5.02. The molecule has 3 heteroatoms. The first-order valence-electron chi connectivity index (χ1n) is 8.79. The number of carboxylic acid groups (broad SMARTS) is 1. The molecule has 0 heterocycles. The third kappa shape index (κ3) is 4.24. The lowest BCUT2D eigenvalue weighted by Crippen LogP contribution is -2.41. The van der Waals surface area contributed by atoms with E-state index < -0.39 is 5.97 Å². The van der Waals surface area contributed by atoms with Crippen molar-refractivity contribution < 1.29 is 9.90 Å². The largest absolute Gasteiger partial charge is 0.481 e. The predicted octanol–water partition coefficient (Wildman–Crippen LogP) is 3.98. The normalized spacial score (nSPS) is 20.4. The molecule has 126 valence electrons. The van der Waals surface area contributed by atoms with Gasteiger partial charge in [0.25, 0.3) is 0 Å². The van der Waals surface area contributed by atoms with E-state index in [4.69, 9.17) is 0 Å². The molecule has 24 heavy (non-hydrogen) atoms. The number of carbonyl (C=O) groups is 1. The van der Waals surface area contributed by atoms with Crippen LogP contribution in [0.15, 0.2) is 60.7 Å². The van der Waals surface area contributed by atoms with Crippen LogP contribution in [0.25, 0.3) is 0 Å². The molecule has 2 unspecified atom stereocenters. The minimum Gasteiger partial charge on any atom is -0.481 e. The number of aliphatic carboxylic acids is 1. The highest BCUT2D eigenvalue weighted by Gasteiger charge is 2.36. The summed E-state index contributed by atoms with van der Waals surface area (Å²) in [5.74, 6) is -0.875. The Morgan fingerprint density at radius 3 is 2.21 bits per heavy atom. The highest BCUT2D eigenvalue weighted by atomic mass is 16.4. The lowest BCUT2D eigenvalue weighted by molar-refractivity contribution is -0.143. The van der Waals surface area contributed by atoms with Crippen LogP contribution in [0.2, 0.25) is 0 Å². The van der Waals surface area contributed by atoms with Gasteiger partial charge in [0.2, 0.25) is 0 Å². The zero-order chi connectivity index (χ0) is 16.8. The SMILES string of the molecule is O=C(O)C1CCCC1N(CCc1ccccc1)Cc1ccccc1. The first kappa shape index (κ1) is 16.7. The van der Waals surface area contributed by atoms with Gasteiger partial charge < -0.3 is 5.11 Å². The monoisotopic (exact) mass is 323 g/mol. The van der Waals surface area contributed by atoms with Crippen molar-refractivity contribution in [1.82, 2.24) is 4.90 Å². The van der Waals surface area contributed by atoms with Crippen LogP contribution in [0, 0.1) is 5.92 Å². The van der Waals surface area contributed by atoms with Gasteiger partial charge in [0.1, 0.15) is 0 Å². The second-order valence-corrected chi connectivity index (χ2v) is 6.63. The number of hydrogen-bond acceptors (Lipinski definition) is 2. The zero-order valence-electron chi connectivity index (χ0n) is 14.0. The van der Waals surface area contributed by atoms with Crippen molar-refractivity contribution in [2.45, 2.75) is 38.3 Å². The van der Waals surface area contributed by atoms with Gasteiger partial charge in [-0.2, -0.15) is 0 Å². The lowest BCUT2D eigenvalue weighted by atomic mass is 10.0. The maximum absolute atomic E-state index is 11.6. The quantitative estimate of drug-likeness (QED) is 0.838. The summed E-state index contributed by atoms with van der Waals surface area (Å²) in [5.41, 5.74) is 2.56. The molecule has 1 aliphatic carbocycles. The second-order valence-electron chi connectivity index (χ2n) is 6.63. The minimum atomic E-state index is -0.643. The van der Waals surface area contributed by atoms with Crippen molar-refractivity contribution >= 4 is 5.97 Å². The summed E-state index contributed by atoms with van der Waals surface area (Å²) in [6.07, 6.45) is 3.75.